The molecule has 0 radical (unpaired) electrons. The second-order valence-electron chi connectivity index (χ2n) is 6.85. The maximum atomic E-state index is 12.9. The van der Waals surface area contributed by atoms with E-state index in [0.717, 1.165) is 29.0 Å². The minimum absolute atomic E-state index is 0.0596. The highest BCUT2D eigenvalue weighted by Crippen LogP contribution is 2.45. The molecule has 0 bridgehead atoms. The lowest BCUT2D eigenvalue weighted by Gasteiger charge is -2.30. The van der Waals surface area contributed by atoms with Gasteiger partial charge in [0, 0.05) is 25.0 Å². The van der Waals surface area contributed by atoms with E-state index in [2.05, 4.69) is 9.88 Å². The molecule has 1 saturated carbocycles. The van der Waals surface area contributed by atoms with Crippen molar-refractivity contribution < 1.29 is 14.3 Å². The molecule has 1 fully saturated rings. The average molecular weight is 334 g/mol. The van der Waals surface area contributed by atoms with Crippen molar-refractivity contribution >= 4 is 11.9 Å². The van der Waals surface area contributed by atoms with Crippen LogP contribution in [0.15, 0.2) is 36.4 Å². The van der Waals surface area contributed by atoms with Gasteiger partial charge in [-0.3, -0.25) is 14.7 Å². The van der Waals surface area contributed by atoms with Crippen molar-refractivity contribution in [1.29, 1.82) is 0 Å². The van der Waals surface area contributed by atoms with E-state index in [1.165, 1.54) is 12.8 Å². The number of carbonyl (C=O) groups is 1. The standard InChI is InChI=1S/C20H18N2O3/c1-12-8-16-15(10-22(11-24-16)14-2-3-14)20-18(12)19(23)17(25-20)9-13-4-6-21-7-5-13/h4-9,14H,2-3,10-11H2,1H3/b17-9-. The van der Waals surface area contributed by atoms with Gasteiger partial charge in [0.1, 0.15) is 18.2 Å². The Bertz CT molecular complexity index is 901. The van der Waals surface area contributed by atoms with Gasteiger partial charge in [0.05, 0.1) is 11.1 Å². The molecule has 5 heteroatoms. The Kier molecular flexibility index (Phi) is 3.18. The van der Waals surface area contributed by atoms with Crippen LogP contribution < -0.4 is 9.47 Å². The van der Waals surface area contributed by atoms with Crippen molar-refractivity contribution in [2.24, 2.45) is 0 Å². The number of nitrogens with zero attached hydrogens (tertiary/aromatic N) is 2. The minimum Gasteiger partial charge on any atom is -0.478 e. The largest absolute Gasteiger partial charge is 0.478 e. The summed E-state index contributed by atoms with van der Waals surface area (Å²) < 4.78 is 12.0. The fourth-order valence-electron chi connectivity index (χ4n) is 3.53. The lowest BCUT2D eigenvalue weighted by Crippen LogP contribution is -2.34. The predicted octanol–water partition coefficient (Wildman–Crippen LogP) is 3.32. The van der Waals surface area contributed by atoms with E-state index in [4.69, 9.17) is 9.47 Å². The van der Waals surface area contributed by atoms with Gasteiger partial charge >= 0.3 is 0 Å². The molecule has 5 rings (SSSR count). The number of hydrogen-bond donors (Lipinski definition) is 0. The van der Waals surface area contributed by atoms with E-state index in [1.54, 1.807) is 18.5 Å². The summed E-state index contributed by atoms with van der Waals surface area (Å²) >= 11 is 0. The number of Topliss-reactive ketones (excluding diaryl/α,β-unsaturated/α-hetero) is 1. The van der Waals surface area contributed by atoms with Crippen LogP contribution in [-0.4, -0.2) is 28.4 Å². The summed E-state index contributed by atoms with van der Waals surface area (Å²) in [5, 5.41) is 0. The number of hydrogen-bond acceptors (Lipinski definition) is 5. The summed E-state index contributed by atoms with van der Waals surface area (Å²) in [6.45, 7) is 3.33. The number of ether oxygens (including phenoxy) is 2. The molecular weight excluding hydrogens is 316 g/mol. The van der Waals surface area contributed by atoms with Crippen LogP contribution in [0.25, 0.3) is 6.08 Å². The SMILES string of the molecule is Cc1cc2c(c3c1C(=O)/C(=C/c1ccncc1)O3)CN(C1CC1)CO2. The lowest BCUT2D eigenvalue weighted by atomic mass is 9.98. The molecule has 2 aromatic rings. The Morgan fingerprint density at radius 3 is 2.84 bits per heavy atom. The molecule has 126 valence electrons. The highest BCUT2D eigenvalue weighted by atomic mass is 16.5. The van der Waals surface area contributed by atoms with E-state index in [0.29, 0.717) is 29.8 Å². The second kappa shape index (κ2) is 5.43. The first-order valence-electron chi connectivity index (χ1n) is 8.58. The number of benzene rings is 1. The molecule has 3 aliphatic rings. The van der Waals surface area contributed by atoms with Crippen LogP contribution in [0.5, 0.6) is 11.5 Å². The third-order valence-corrected chi connectivity index (χ3v) is 5.02. The monoisotopic (exact) mass is 334 g/mol. The third-order valence-electron chi connectivity index (χ3n) is 5.02. The highest BCUT2D eigenvalue weighted by molar-refractivity contribution is 6.15. The summed E-state index contributed by atoms with van der Waals surface area (Å²) in [7, 11) is 0. The van der Waals surface area contributed by atoms with Crippen molar-refractivity contribution in [2.45, 2.75) is 32.4 Å². The van der Waals surface area contributed by atoms with E-state index in [9.17, 15) is 4.79 Å². The fourth-order valence-corrected chi connectivity index (χ4v) is 3.53. The van der Waals surface area contributed by atoms with Crippen molar-refractivity contribution in [3.8, 4) is 11.5 Å². The van der Waals surface area contributed by atoms with E-state index >= 15 is 0 Å². The normalized spacial score (nSPS) is 20.8. The first-order valence-corrected chi connectivity index (χ1v) is 8.58. The molecule has 3 heterocycles. The number of ketones is 1. The first kappa shape index (κ1) is 14.7. The topological polar surface area (TPSA) is 51.7 Å². The summed E-state index contributed by atoms with van der Waals surface area (Å²) in [6.07, 6.45) is 7.62. The van der Waals surface area contributed by atoms with Crippen molar-refractivity contribution in [1.82, 2.24) is 9.88 Å². The number of aryl methyl sites for hydroxylation is 1. The Morgan fingerprint density at radius 1 is 1.28 bits per heavy atom. The fraction of sp³-hybridized carbons (Fsp3) is 0.300. The van der Waals surface area contributed by atoms with E-state index in [-0.39, 0.29) is 5.78 Å². The molecule has 2 aliphatic heterocycles. The minimum atomic E-state index is -0.0596. The Hall–Kier alpha value is -2.66. The number of pyridine rings is 1. The molecular formula is C20H18N2O3. The third kappa shape index (κ3) is 2.43. The van der Waals surface area contributed by atoms with Gasteiger partial charge in [-0.15, -0.1) is 0 Å². The summed E-state index contributed by atoms with van der Waals surface area (Å²) in [5.74, 6) is 1.81. The number of rotatable bonds is 2. The molecule has 1 aliphatic carbocycles. The predicted molar refractivity (Wildman–Crippen MR) is 92.4 cm³/mol. The molecule has 0 spiro atoms. The summed E-state index contributed by atoms with van der Waals surface area (Å²) in [6, 6.07) is 6.28. The highest BCUT2D eigenvalue weighted by Gasteiger charge is 2.38. The summed E-state index contributed by atoms with van der Waals surface area (Å²) in [4.78, 5) is 19.2. The Morgan fingerprint density at radius 2 is 2.08 bits per heavy atom. The molecule has 0 atom stereocenters. The van der Waals surface area contributed by atoms with Gasteiger partial charge in [-0.05, 0) is 55.2 Å². The van der Waals surface area contributed by atoms with Crippen LogP contribution in [0.1, 0.15) is 39.9 Å². The van der Waals surface area contributed by atoms with Gasteiger partial charge in [0.2, 0.25) is 5.78 Å². The van der Waals surface area contributed by atoms with Crippen molar-refractivity contribution in [2.75, 3.05) is 6.73 Å². The second-order valence-corrected chi connectivity index (χ2v) is 6.85. The first-order chi connectivity index (χ1) is 12.2. The molecule has 0 saturated heterocycles. The maximum Gasteiger partial charge on any atom is 0.232 e. The average Bonchev–Trinajstić information content (AvgIpc) is 3.41. The molecule has 0 amide bonds. The van der Waals surface area contributed by atoms with Gasteiger partial charge in [0.15, 0.2) is 5.76 Å². The molecule has 25 heavy (non-hydrogen) atoms. The van der Waals surface area contributed by atoms with Crippen LogP contribution in [0, 0.1) is 6.92 Å². The van der Waals surface area contributed by atoms with Crippen LogP contribution in [0.2, 0.25) is 0 Å². The van der Waals surface area contributed by atoms with Crippen LogP contribution in [0.4, 0.5) is 0 Å². The van der Waals surface area contributed by atoms with E-state index in [1.807, 2.05) is 25.1 Å². The lowest BCUT2D eigenvalue weighted by molar-refractivity contribution is 0.0867. The van der Waals surface area contributed by atoms with Gasteiger partial charge < -0.3 is 9.47 Å². The van der Waals surface area contributed by atoms with Gasteiger partial charge in [-0.1, -0.05) is 0 Å². The van der Waals surface area contributed by atoms with Gasteiger partial charge in [0.25, 0.3) is 0 Å². The van der Waals surface area contributed by atoms with Crippen molar-refractivity contribution in [3.05, 3.63) is 58.6 Å². The van der Waals surface area contributed by atoms with Crippen LogP contribution in [-0.2, 0) is 6.54 Å². The molecule has 5 nitrogen and oxygen atoms in total. The van der Waals surface area contributed by atoms with Gasteiger partial charge in [-0.25, -0.2) is 0 Å². The zero-order valence-corrected chi connectivity index (χ0v) is 14.0. The Balaban J connectivity index is 1.56. The molecule has 0 N–H and O–H groups in total. The quantitative estimate of drug-likeness (QED) is 0.789. The molecule has 0 unspecified atom stereocenters. The Labute approximate surface area is 145 Å². The zero-order chi connectivity index (χ0) is 17.0. The smallest absolute Gasteiger partial charge is 0.232 e. The van der Waals surface area contributed by atoms with Crippen LogP contribution in [0.3, 0.4) is 0 Å². The molecule has 1 aromatic carbocycles. The zero-order valence-electron chi connectivity index (χ0n) is 14.0. The van der Waals surface area contributed by atoms with Gasteiger partial charge in [-0.2, -0.15) is 0 Å². The maximum absolute atomic E-state index is 12.9. The van der Waals surface area contributed by atoms with Crippen LogP contribution >= 0.6 is 0 Å². The summed E-state index contributed by atoms with van der Waals surface area (Å²) in [5.41, 5.74) is 3.45. The molecule has 1 aromatic heterocycles. The number of allylic oxidation sites excluding steroid dienone is 1. The number of fused-ring (bicyclic) bond motifs is 3. The number of aromatic nitrogens is 1. The number of carbonyl (C=O) groups excluding carboxylic acids is 1. The van der Waals surface area contributed by atoms with E-state index < -0.39 is 0 Å². The van der Waals surface area contributed by atoms with Crippen molar-refractivity contribution in [3.63, 3.8) is 0 Å².